The van der Waals surface area contributed by atoms with Gasteiger partial charge in [-0.15, -0.1) is 0 Å². The molecule has 0 spiro atoms. The second-order valence-corrected chi connectivity index (χ2v) is 4.35. The maximum absolute atomic E-state index is 10.8. The van der Waals surface area contributed by atoms with Crippen LogP contribution in [0.2, 0.25) is 0 Å². The van der Waals surface area contributed by atoms with Crippen LogP contribution in [0.15, 0.2) is 42.5 Å². The molecular weight excluding hydrogens is 242 g/mol. The molecule has 0 fully saturated rings. The third-order valence-corrected chi connectivity index (χ3v) is 2.91. The van der Waals surface area contributed by atoms with Crippen LogP contribution < -0.4 is 10.2 Å². The minimum atomic E-state index is -0.356. The van der Waals surface area contributed by atoms with Crippen molar-refractivity contribution in [3.63, 3.8) is 0 Å². The summed E-state index contributed by atoms with van der Waals surface area (Å²) in [5, 5.41) is 10.7. The fraction of sp³-hybridized carbons (Fsp3) is 0.267. The highest BCUT2D eigenvalue weighted by molar-refractivity contribution is 5.83. The molecule has 2 aromatic carbocycles. The van der Waals surface area contributed by atoms with Crippen molar-refractivity contribution in [1.82, 2.24) is 5.48 Å². The molecule has 0 radical (unpaired) electrons. The minimum Gasteiger partial charge on any atom is -0.494 e. The first-order valence-electron chi connectivity index (χ1n) is 6.34. The van der Waals surface area contributed by atoms with Crippen LogP contribution in [-0.2, 0) is 4.79 Å². The zero-order chi connectivity index (χ0) is 13.5. The average molecular weight is 259 g/mol. The van der Waals surface area contributed by atoms with E-state index in [4.69, 9.17) is 9.94 Å². The smallest absolute Gasteiger partial charge is 0.243 e. The van der Waals surface area contributed by atoms with Gasteiger partial charge in [-0.2, -0.15) is 0 Å². The van der Waals surface area contributed by atoms with Crippen molar-refractivity contribution in [3.05, 3.63) is 42.5 Å². The molecule has 0 saturated carbocycles. The Bertz CT molecular complexity index is 554. The number of carbonyl (C=O) groups is 1. The Kier molecular flexibility index (Phi) is 4.75. The SMILES string of the molecule is O=C(CCCCOc1ccc2ccccc2c1)NO. The monoisotopic (exact) mass is 259 g/mol. The van der Waals surface area contributed by atoms with Crippen molar-refractivity contribution in [2.75, 3.05) is 6.61 Å². The van der Waals surface area contributed by atoms with Gasteiger partial charge in [-0.1, -0.05) is 30.3 Å². The molecule has 19 heavy (non-hydrogen) atoms. The number of ether oxygens (including phenoxy) is 1. The van der Waals surface area contributed by atoms with E-state index in [0.29, 0.717) is 19.4 Å². The molecule has 100 valence electrons. The summed E-state index contributed by atoms with van der Waals surface area (Å²) in [5.41, 5.74) is 1.61. The number of carbonyl (C=O) groups excluding carboxylic acids is 1. The molecule has 2 N–H and O–H groups in total. The van der Waals surface area contributed by atoms with E-state index in [2.05, 4.69) is 6.07 Å². The summed E-state index contributed by atoms with van der Waals surface area (Å²) in [6.07, 6.45) is 1.79. The zero-order valence-corrected chi connectivity index (χ0v) is 10.6. The molecule has 4 heteroatoms. The lowest BCUT2D eigenvalue weighted by Gasteiger charge is -2.07. The minimum absolute atomic E-state index is 0.317. The fourth-order valence-electron chi connectivity index (χ4n) is 1.89. The highest BCUT2D eigenvalue weighted by atomic mass is 16.5. The first-order valence-corrected chi connectivity index (χ1v) is 6.34. The van der Waals surface area contributed by atoms with Gasteiger partial charge in [0.25, 0.3) is 0 Å². The molecule has 2 aromatic rings. The van der Waals surface area contributed by atoms with E-state index < -0.39 is 0 Å². The molecule has 0 aliphatic rings. The quantitative estimate of drug-likeness (QED) is 0.476. The van der Waals surface area contributed by atoms with E-state index in [-0.39, 0.29) is 5.91 Å². The molecule has 0 unspecified atom stereocenters. The summed E-state index contributed by atoms with van der Waals surface area (Å²) in [6.45, 7) is 0.567. The highest BCUT2D eigenvalue weighted by Crippen LogP contribution is 2.20. The number of hydrogen-bond donors (Lipinski definition) is 2. The summed E-state index contributed by atoms with van der Waals surface area (Å²) >= 11 is 0. The van der Waals surface area contributed by atoms with Gasteiger partial charge in [-0.25, -0.2) is 5.48 Å². The average Bonchev–Trinajstić information content (AvgIpc) is 2.46. The van der Waals surface area contributed by atoms with Gasteiger partial charge in [-0.3, -0.25) is 10.0 Å². The van der Waals surface area contributed by atoms with Crippen LogP contribution in [-0.4, -0.2) is 17.7 Å². The second-order valence-electron chi connectivity index (χ2n) is 4.35. The number of nitrogens with one attached hydrogen (secondary N) is 1. The maximum Gasteiger partial charge on any atom is 0.243 e. The Morgan fingerprint density at radius 2 is 1.89 bits per heavy atom. The van der Waals surface area contributed by atoms with Gasteiger partial charge in [0.1, 0.15) is 5.75 Å². The largest absolute Gasteiger partial charge is 0.494 e. The van der Waals surface area contributed by atoms with E-state index in [0.717, 1.165) is 17.6 Å². The van der Waals surface area contributed by atoms with Gasteiger partial charge in [0.15, 0.2) is 0 Å². The fourth-order valence-corrected chi connectivity index (χ4v) is 1.89. The number of hydroxylamine groups is 1. The topological polar surface area (TPSA) is 58.6 Å². The van der Waals surface area contributed by atoms with Crippen LogP contribution >= 0.6 is 0 Å². The molecule has 2 rings (SSSR count). The van der Waals surface area contributed by atoms with Gasteiger partial charge in [0.2, 0.25) is 5.91 Å². The summed E-state index contributed by atoms with van der Waals surface area (Å²) in [6, 6.07) is 14.1. The van der Waals surface area contributed by atoms with Crippen molar-refractivity contribution in [1.29, 1.82) is 0 Å². The van der Waals surface area contributed by atoms with Crippen molar-refractivity contribution in [2.24, 2.45) is 0 Å². The van der Waals surface area contributed by atoms with Gasteiger partial charge >= 0.3 is 0 Å². The molecule has 0 aliphatic heterocycles. The normalized spacial score (nSPS) is 10.4. The molecule has 0 aromatic heterocycles. The van der Waals surface area contributed by atoms with Crippen LogP contribution in [0.5, 0.6) is 5.75 Å². The van der Waals surface area contributed by atoms with Gasteiger partial charge in [0.05, 0.1) is 6.61 Å². The highest BCUT2D eigenvalue weighted by Gasteiger charge is 2.00. The molecule has 0 heterocycles. The lowest BCUT2D eigenvalue weighted by atomic mass is 10.1. The third-order valence-electron chi connectivity index (χ3n) is 2.91. The third kappa shape index (κ3) is 3.96. The number of fused-ring (bicyclic) bond motifs is 1. The molecule has 0 atom stereocenters. The summed E-state index contributed by atoms with van der Waals surface area (Å²) < 4.78 is 5.64. The molecular formula is C15H17NO3. The lowest BCUT2D eigenvalue weighted by molar-refractivity contribution is -0.129. The molecule has 0 aliphatic carbocycles. The van der Waals surface area contributed by atoms with Crippen LogP contribution in [0.1, 0.15) is 19.3 Å². The lowest BCUT2D eigenvalue weighted by Crippen LogP contribution is -2.18. The Morgan fingerprint density at radius 3 is 2.68 bits per heavy atom. The van der Waals surface area contributed by atoms with Crippen molar-refractivity contribution in [3.8, 4) is 5.75 Å². The molecule has 0 bridgehead atoms. The summed E-state index contributed by atoms with van der Waals surface area (Å²) in [4.78, 5) is 10.8. The Morgan fingerprint density at radius 1 is 1.11 bits per heavy atom. The maximum atomic E-state index is 10.8. The first-order chi connectivity index (χ1) is 9.29. The predicted molar refractivity (Wildman–Crippen MR) is 73.2 cm³/mol. The van der Waals surface area contributed by atoms with E-state index in [1.165, 1.54) is 5.39 Å². The van der Waals surface area contributed by atoms with Crippen LogP contribution in [0.25, 0.3) is 10.8 Å². The van der Waals surface area contributed by atoms with Crippen molar-refractivity contribution < 1.29 is 14.7 Å². The summed E-state index contributed by atoms with van der Waals surface area (Å²) in [5.74, 6) is 0.482. The van der Waals surface area contributed by atoms with Crippen LogP contribution in [0, 0.1) is 0 Å². The van der Waals surface area contributed by atoms with Gasteiger partial charge in [-0.05, 0) is 35.7 Å². The standard InChI is InChI=1S/C15H17NO3/c17-15(16-18)7-3-4-10-19-14-9-8-12-5-1-2-6-13(12)11-14/h1-2,5-6,8-9,11,18H,3-4,7,10H2,(H,16,17). The van der Waals surface area contributed by atoms with Crippen molar-refractivity contribution in [2.45, 2.75) is 19.3 Å². The van der Waals surface area contributed by atoms with E-state index >= 15 is 0 Å². The molecule has 0 saturated heterocycles. The number of hydrogen-bond acceptors (Lipinski definition) is 3. The number of benzene rings is 2. The number of amides is 1. The second kappa shape index (κ2) is 6.75. The van der Waals surface area contributed by atoms with E-state index in [1.54, 1.807) is 5.48 Å². The Hall–Kier alpha value is -2.07. The number of unbranched alkanes of at least 4 members (excludes halogenated alkanes) is 1. The van der Waals surface area contributed by atoms with E-state index in [1.807, 2.05) is 36.4 Å². The Balaban J connectivity index is 1.80. The van der Waals surface area contributed by atoms with Crippen LogP contribution in [0.4, 0.5) is 0 Å². The van der Waals surface area contributed by atoms with Crippen molar-refractivity contribution >= 4 is 16.7 Å². The van der Waals surface area contributed by atoms with Crippen LogP contribution in [0.3, 0.4) is 0 Å². The Labute approximate surface area is 112 Å². The predicted octanol–water partition coefficient (Wildman–Crippen LogP) is 2.89. The first kappa shape index (κ1) is 13.4. The summed E-state index contributed by atoms with van der Waals surface area (Å²) in [7, 11) is 0. The zero-order valence-electron chi connectivity index (χ0n) is 10.6. The van der Waals surface area contributed by atoms with Gasteiger partial charge < -0.3 is 4.74 Å². The number of rotatable bonds is 6. The van der Waals surface area contributed by atoms with E-state index in [9.17, 15) is 4.79 Å². The molecule has 4 nitrogen and oxygen atoms in total. The van der Waals surface area contributed by atoms with Gasteiger partial charge in [0, 0.05) is 6.42 Å². The molecule has 1 amide bonds.